The molecule has 0 radical (unpaired) electrons. The maximum absolute atomic E-state index is 10.6. The molecule has 0 aromatic heterocycles. The molecule has 1 amide bonds. The van der Waals surface area contributed by atoms with Crippen LogP contribution in [0.4, 0.5) is 5.69 Å². The summed E-state index contributed by atoms with van der Waals surface area (Å²) in [5.74, 6) is -0.488. The molecule has 3 nitrogen and oxygen atoms in total. The number of primary amides is 1. The number of nitrogens with two attached hydrogens (primary N) is 2. The molecule has 0 aliphatic rings. The van der Waals surface area contributed by atoms with Gasteiger partial charge in [0.15, 0.2) is 0 Å². The average Bonchev–Trinajstić information content (AvgIpc) is 2.32. The number of carbonyl (C=O) groups excluding carboxylic acids is 1. The van der Waals surface area contributed by atoms with Crippen LogP contribution in [0.2, 0.25) is 0 Å². The Bertz CT molecular complexity index is 414. The zero-order valence-corrected chi connectivity index (χ0v) is 8.84. The van der Waals surface area contributed by atoms with Gasteiger partial charge in [-0.15, -0.1) is 0 Å². The highest BCUT2D eigenvalue weighted by molar-refractivity contribution is 5.97. The first-order chi connectivity index (χ1) is 7.72. The quantitative estimate of drug-likeness (QED) is 0.713. The number of amides is 1. The Morgan fingerprint density at radius 3 is 1.56 bits per heavy atom. The summed E-state index contributed by atoms with van der Waals surface area (Å²) >= 11 is 0. The molecule has 0 bridgehead atoms. The summed E-state index contributed by atoms with van der Waals surface area (Å²) < 4.78 is 0. The Morgan fingerprint density at radius 2 is 1.25 bits per heavy atom. The van der Waals surface area contributed by atoms with Gasteiger partial charge in [-0.05, 0) is 12.1 Å². The lowest BCUT2D eigenvalue weighted by atomic mass is 10.2. The molecular formula is C13H14N2O. The van der Waals surface area contributed by atoms with Crippen LogP contribution in [0.1, 0.15) is 10.4 Å². The van der Waals surface area contributed by atoms with Crippen molar-refractivity contribution in [2.24, 2.45) is 5.73 Å². The highest BCUT2D eigenvalue weighted by atomic mass is 16.1. The summed E-state index contributed by atoms with van der Waals surface area (Å²) in [6, 6.07) is 18.7. The van der Waals surface area contributed by atoms with Crippen molar-refractivity contribution in [3.05, 3.63) is 66.2 Å². The molecule has 0 saturated heterocycles. The Hall–Kier alpha value is -2.29. The largest absolute Gasteiger partial charge is 0.398 e. The van der Waals surface area contributed by atoms with Crippen molar-refractivity contribution in [2.45, 2.75) is 0 Å². The van der Waals surface area contributed by atoms with Gasteiger partial charge in [0.25, 0.3) is 5.91 Å². The standard InChI is InChI=1S/C7H8N2O.C6H6/c8-6-4-2-1-3-5(6)7(9)10;1-2-4-6-5-3-1/h1-4H,8H2,(H2,9,10);1-6H. The van der Waals surface area contributed by atoms with Crippen molar-refractivity contribution in [1.82, 2.24) is 0 Å². The van der Waals surface area contributed by atoms with E-state index in [1.807, 2.05) is 36.4 Å². The fourth-order valence-corrected chi connectivity index (χ4v) is 1.11. The zero-order chi connectivity index (χ0) is 11.8. The molecule has 82 valence electrons. The van der Waals surface area contributed by atoms with E-state index in [4.69, 9.17) is 11.5 Å². The second kappa shape index (κ2) is 6.24. The molecule has 0 atom stereocenters. The van der Waals surface area contributed by atoms with Crippen LogP contribution < -0.4 is 11.5 Å². The van der Waals surface area contributed by atoms with Gasteiger partial charge in [0, 0.05) is 5.69 Å². The lowest BCUT2D eigenvalue weighted by Gasteiger charge is -1.97. The molecule has 2 rings (SSSR count). The van der Waals surface area contributed by atoms with Crippen LogP contribution in [0.15, 0.2) is 60.7 Å². The zero-order valence-electron chi connectivity index (χ0n) is 8.84. The summed E-state index contributed by atoms with van der Waals surface area (Å²) in [4.78, 5) is 10.6. The summed E-state index contributed by atoms with van der Waals surface area (Å²) in [5, 5.41) is 0. The van der Waals surface area contributed by atoms with E-state index in [0.29, 0.717) is 11.3 Å². The lowest BCUT2D eigenvalue weighted by molar-refractivity contribution is 0.100. The van der Waals surface area contributed by atoms with Gasteiger partial charge in [0.05, 0.1) is 5.56 Å². The van der Waals surface area contributed by atoms with Crippen molar-refractivity contribution < 1.29 is 4.79 Å². The summed E-state index contributed by atoms with van der Waals surface area (Å²) in [7, 11) is 0. The first-order valence-corrected chi connectivity index (χ1v) is 4.86. The van der Waals surface area contributed by atoms with Crippen LogP contribution in [0.25, 0.3) is 0 Å². The maximum Gasteiger partial charge on any atom is 0.250 e. The Kier molecular flexibility index (Phi) is 4.60. The number of anilines is 1. The van der Waals surface area contributed by atoms with Gasteiger partial charge in [-0.25, -0.2) is 0 Å². The van der Waals surface area contributed by atoms with Crippen molar-refractivity contribution in [2.75, 3.05) is 5.73 Å². The fourth-order valence-electron chi connectivity index (χ4n) is 1.11. The summed E-state index contributed by atoms with van der Waals surface area (Å²) in [6.45, 7) is 0. The minimum Gasteiger partial charge on any atom is -0.398 e. The van der Waals surface area contributed by atoms with Gasteiger partial charge in [0.1, 0.15) is 0 Å². The van der Waals surface area contributed by atoms with Crippen LogP contribution in [0.3, 0.4) is 0 Å². The predicted octanol–water partition coefficient (Wildman–Crippen LogP) is 2.05. The van der Waals surface area contributed by atoms with E-state index >= 15 is 0 Å². The van der Waals surface area contributed by atoms with Gasteiger partial charge < -0.3 is 11.5 Å². The fraction of sp³-hybridized carbons (Fsp3) is 0. The molecule has 0 aliphatic carbocycles. The van der Waals surface area contributed by atoms with Gasteiger partial charge >= 0.3 is 0 Å². The van der Waals surface area contributed by atoms with Gasteiger partial charge in [-0.2, -0.15) is 0 Å². The van der Waals surface area contributed by atoms with Crippen molar-refractivity contribution in [3.8, 4) is 0 Å². The van der Waals surface area contributed by atoms with Crippen LogP contribution in [0.5, 0.6) is 0 Å². The van der Waals surface area contributed by atoms with E-state index in [9.17, 15) is 4.79 Å². The molecular weight excluding hydrogens is 200 g/mol. The van der Waals surface area contributed by atoms with Gasteiger partial charge in [-0.3, -0.25) is 4.79 Å². The SMILES string of the molecule is NC(=O)c1ccccc1N.c1ccccc1. The van der Waals surface area contributed by atoms with E-state index in [1.54, 1.807) is 24.3 Å². The second-order valence-corrected chi connectivity index (χ2v) is 3.11. The first kappa shape index (κ1) is 11.8. The maximum atomic E-state index is 10.6. The molecule has 0 aliphatic heterocycles. The van der Waals surface area contributed by atoms with Crippen LogP contribution in [-0.4, -0.2) is 5.91 Å². The van der Waals surface area contributed by atoms with E-state index in [1.165, 1.54) is 0 Å². The number of hydrogen-bond donors (Lipinski definition) is 2. The average molecular weight is 214 g/mol. The highest BCUT2D eigenvalue weighted by Gasteiger charge is 2.01. The third-order valence-electron chi connectivity index (χ3n) is 1.89. The molecule has 16 heavy (non-hydrogen) atoms. The number of benzene rings is 2. The number of hydrogen-bond acceptors (Lipinski definition) is 2. The number of rotatable bonds is 1. The van der Waals surface area contributed by atoms with Gasteiger partial charge in [-0.1, -0.05) is 48.5 Å². The molecule has 0 heterocycles. The molecule has 4 N–H and O–H groups in total. The number of para-hydroxylation sites is 1. The monoisotopic (exact) mass is 214 g/mol. The highest BCUT2D eigenvalue weighted by Crippen LogP contribution is 2.08. The molecule has 2 aromatic carbocycles. The molecule has 2 aromatic rings. The second-order valence-electron chi connectivity index (χ2n) is 3.11. The van der Waals surface area contributed by atoms with E-state index < -0.39 is 5.91 Å². The van der Waals surface area contributed by atoms with Crippen molar-refractivity contribution >= 4 is 11.6 Å². The van der Waals surface area contributed by atoms with Crippen LogP contribution >= 0.6 is 0 Å². The van der Waals surface area contributed by atoms with Crippen LogP contribution in [0, 0.1) is 0 Å². The third kappa shape index (κ3) is 3.84. The Balaban J connectivity index is 0.000000181. The van der Waals surface area contributed by atoms with E-state index in [2.05, 4.69) is 0 Å². The minimum atomic E-state index is -0.488. The normalized spacial score (nSPS) is 8.75. The Morgan fingerprint density at radius 1 is 0.812 bits per heavy atom. The predicted molar refractivity (Wildman–Crippen MR) is 65.8 cm³/mol. The third-order valence-corrected chi connectivity index (χ3v) is 1.89. The number of nitrogen functional groups attached to an aromatic ring is 1. The molecule has 0 spiro atoms. The van der Waals surface area contributed by atoms with Crippen molar-refractivity contribution in [3.63, 3.8) is 0 Å². The summed E-state index contributed by atoms with van der Waals surface area (Å²) in [5.41, 5.74) is 11.2. The first-order valence-electron chi connectivity index (χ1n) is 4.86. The molecule has 0 unspecified atom stereocenters. The topological polar surface area (TPSA) is 69.1 Å². The number of carbonyl (C=O) groups is 1. The smallest absolute Gasteiger partial charge is 0.250 e. The van der Waals surface area contributed by atoms with E-state index in [0.717, 1.165) is 0 Å². The van der Waals surface area contributed by atoms with Gasteiger partial charge in [0.2, 0.25) is 0 Å². The van der Waals surface area contributed by atoms with Crippen LogP contribution in [-0.2, 0) is 0 Å². The van der Waals surface area contributed by atoms with Crippen molar-refractivity contribution in [1.29, 1.82) is 0 Å². The molecule has 0 saturated carbocycles. The molecule has 3 heteroatoms. The minimum absolute atomic E-state index is 0.377. The molecule has 0 fully saturated rings. The van der Waals surface area contributed by atoms with E-state index in [-0.39, 0.29) is 0 Å². The summed E-state index contributed by atoms with van der Waals surface area (Å²) in [6.07, 6.45) is 0. The lowest BCUT2D eigenvalue weighted by Crippen LogP contribution is -2.12. The Labute approximate surface area is 94.7 Å².